The minimum absolute atomic E-state index is 0.0710. The normalized spacial score (nSPS) is 13.4. The van der Waals surface area contributed by atoms with Crippen LogP contribution in [0.3, 0.4) is 0 Å². The average Bonchev–Trinajstić information content (AvgIpc) is 2.46. The van der Waals surface area contributed by atoms with Crippen molar-refractivity contribution in [3.63, 3.8) is 0 Å². The molecule has 0 bridgehead atoms. The van der Waals surface area contributed by atoms with Crippen LogP contribution < -0.4 is 5.32 Å². The number of hydrogen-bond donors (Lipinski definition) is 1. The Kier molecular flexibility index (Phi) is 8.49. The Bertz CT molecular complexity index is 410. The maximum absolute atomic E-state index is 6.10. The van der Waals surface area contributed by atoms with Crippen molar-refractivity contribution in [2.24, 2.45) is 0 Å². The second-order valence-corrected chi connectivity index (χ2v) is 6.75. The first-order valence-corrected chi connectivity index (χ1v) is 8.40. The molecule has 1 atom stereocenters. The first kappa shape index (κ1) is 18.6. The lowest BCUT2D eigenvalue weighted by atomic mass is 10.1. The Hall–Kier alpha value is -0.420. The molecule has 1 N–H and O–H groups in total. The van der Waals surface area contributed by atoms with Gasteiger partial charge < -0.3 is 14.8 Å². The fourth-order valence-corrected chi connectivity index (χ4v) is 2.36. The SMILES string of the molecule is CCCNCC(OCCC(C)(C)OC)c1cccc(Br)c1. The molecule has 1 aromatic carbocycles. The summed E-state index contributed by atoms with van der Waals surface area (Å²) < 4.78 is 12.6. The topological polar surface area (TPSA) is 30.5 Å². The molecule has 4 heteroatoms. The fraction of sp³-hybridized carbons (Fsp3) is 0.647. The Morgan fingerprint density at radius 2 is 2.10 bits per heavy atom. The Balaban J connectivity index is 2.60. The van der Waals surface area contributed by atoms with Crippen molar-refractivity contribution in [1.82, 2.24) is 5.32 Å². The summed E-state index contributed by atoms with van der Waals surface area (Å²) >= 11 is 3.53. The van der Waals surface area contributed by atoms with Crippen LogP contribution in [0.2, 0.25) is 0 Å². The maximum atomic E-state index is 6.10. The predicted octanol–water partition coefficient (Wildman–Crippen LogP) is 4.32. The lowest BCUT2D eigenvalue weighted by Crippen LogP contribution is -2.28. The molecule has 0 aliphatic heterocycles. The maximum Gasteiger partial charge on any atom is 0.0949 e. The van der Waals surface area contributed by atoms with Crippen LogP contribution in [-0.2, 0) is 9.47 Å². The summed E-state index contributed by atoms with van der Waals surface area (Å²) in [6.07, 6.45) is 2.07. The zero-order valence-electron chi connectivity index (χ0n) is 13.6. The Morgan fingerprint density at radius 3 is 2.71 bits per heavy atom. The number of rotatable bonds is 10. The molecule has 0 radical (unpaired) electrons. The van der Waals surface area contributed by atoms with Crippen LogP contribution in [0.5, 0.6) is 0 Å². The molecule has 0 saturated heterocycles. The molecule has 1 unspecified atom stereocenters. The highest BCUT2D eigenvalue weighted by atomic mass is 79.9. The second-order valence-electron chi connectivity index (χ2n) is 5.83. The quantitative estimate of drug-likeness (QED) is 0.632. The van der Waals surface area contributed by atoms with E-state index in [9.17, 15) is 0 Å². The Morgan fingerprint density at radius 1 is 1.33 bits per heavy atom. The van der Waals surface area contributed by atoms with Gasteiger partial charge in [0.2, 0.25) is 0 Å². The summed E-state index contributed by atoms with van der Waals surface area (Å²) in [4.78, 5) is 0. The van der Waals surface area contributed by atoms with Gasteiger partial charge in [-0.05, 0) is 50.9 Å². The van der Waals surface area contributed by atoms with Gasteiger partial charge in [0.25, 0.3) is 0 Å². The monoisotopic (exact) mass is 357 g/mol. The third-order valence-corrected chi connectivity index (χ3v) is 4.05. The van der Waals surface area contributed by atoms with Crippen LogP contribution in [0.4, 0.5) is 0 Å². The van der Waals surface area contributed by atoms with Gasteiger partial charge in [-0.25, -0.2) is 0 Å². The molecule has 0 aliphatic carbocycles. The summed E-state index contributed by atoms with van der Waals surface area (Å²) in [6.45, 7) is 8.86. The van der Waals surface area contributed by atoms with Gasteiger partial charge in [-0.2, -0.15) is 0 Å². The summed E-state index contributed by atoms with van der Waals surface area (Å²) in [5, 5.41) is 3.44. The molecular formula is C17H28BrNO2. The van der Waals surface area contributed by atoms with E-state index >= 15 is 0 Å². The van der Waals surface area contributed by atoms with Crippen LogP contribution in [0.15, 0.2) is 28.7 Å². The van der Waals surface area contributed by atoms with Gasteiger partial charge in [0.15, 0.2) is 0 Å². The highest BCUT2D eigenvalue weighted by Crippen LogP contribution is 2.22. The molecule has 0 saturated carbocycles. The average molecular weight is 358 g/mol. The van der Waals surface area contributed by atoms with E-state index < -0.39 is 0 Å². The molecule has 120 valence electrons. The minimum Gasteiger partial charge on any atom is -0.379 e. The van der Waals surface area contributed by atoms with Crippen LogP contribution in [0.25, 0.3) is 0 Å². The number of halogens is 1. The van der Waals surface area contributed by atoms with Gasteiger partial charge in [0.05, 0.1) is 18.3 Å². The van der Waals surface area contributed by atoms with Crippen molar-refractivity contribution in [2.75, 3.05) is 26.8 Å². The van der Waals surface area contributed by atoms with E-state index in [1.165, 1.54) is 5.56 Å². The molecule has 3 nitrogen and oxygen atoms in total. The second kappa shape index (κ2) is 9.57. The van der Waals surface area contributed by atoms with Gasteiger partial charge in [0, 0.05) is 18.1 Å². The van der Waals surface area contributed by atoms with Crippen LogP contribution in [-0.4, -0.2) is 32.4 Å². The standard InChI is InChI=1S/C17H28BrNO2/c1-5-10-19-13-16(14-7-6-8-15(18)12-14)21-11-9-17(2,3)20-4/h6-8,12,16,19H,5,9-11,13H2,1-4H3. The first-order valence-electron chi connectivity index (χ1n) is 7.61. The summed E-state index contributed by atoms with van der Waals surface area (Å²) in [5.41, 5.74) is 1.06. The molecule has 1 rings (SSSR count). The highest BCUT2D eigenvalue weighted by molar-refractivity contribution is 9.10. The molecule has 0 spiro atoms. The number of methoxy groups -OCH3 is 1. The Labute approximate surface area is 137 Å². The summed E-state index contributed by atoms with van der Waals surface area (Å²) in [5.74, 6) is 0. The third-order valence-electron chi connectivity index (χ3n) is 3.55. The van der Waals surface area contributed by atoms with E-state index in [0.29, 0.717) is 6.61 Å². The predicted molar refractivity (Wildman–Crippen MR) is 91.7 cm³/mol. The van der Waals surface area contributed by atoms with Crippen LogP contribution >= 0.6 is 15.9 Å². The summed E-state index contributed by atoms with van der Waals surface area (Å²) in [7, 11) is 1.74. The van der Waals surface area contributed by atoms with Gasteiger partial charge in [-0.15, -0.1) is 0 Å². The highest BCUT2D eigenvalue weighted by Gasteiger charge is 2.18. The van der Waals surface area contributed by atoms with Gasteiger partial charge >= 0.3 is 0 Å². The third kappa shape index (κ3) is 7.41. The van der Waals surface area contributed by atoms with Crippen molar-refractivity contribution in [3.05, 3.63) is 34.3 Å². The molecule has 0 fully saturated rings. The van der Waals surface area contributed by atoms with Crippen molar-refractivity contribution >= 4 is 15.9 Å². The van der Waals surface area contributed by atoms with Crippen LogP contribution in [0, 0.1) is 0 Å². The molecule has 0 heterocycles. The molecule has 1 aromatic rings. The lowest BCUT2D eigenvalue weighted by Gasteiger charge is -2.25. The van der Waals surface area contributed by atoms with E-state index in [1.54, 1.807) is 7.11 Å². The number of hydrogen-bond acceptors (Lipinski definition) is 3. The van der Waals surface area contributed by atoms with E-state index in [2.05, 4.69) is 60.2 Å². The lowest BCUT2D eigenvalue weighted by molar-refractivity contribution is -0.0272. The molecular weight excluding hydrogens is 330 g/mol. The van der Waals surface area contributed by atoms with Gasteiger partial charge in [-0.1, -0.05) is 35.0 Å². The first-order chi connectivity index (χ1) is 9.98. The smallest absolute Gasteiger partial charge is 0.0949 e. The van der Waals surface area contributed by atoms with E-state index in [1.807, 2.05) is 6.07 Å². The fourth-order valence-electron chi connectivity index (χ4n) is 1.94. The number of nitrogens with one attached hydrogen (secondary N) is 1. The largest absolute Gasteiger partial charge is 0.379 e. The molecule has 0 amide bonds. The summed E-state index contributed by atoms with van der Waals surface area (Å²) in [6, 6.07) is 8.33. The van der Waals surface area contributed by atoms with Crippen molar-refractivity contribution in [1.29, 1.82) is 0 Å². The molecule has 0 aromatic heterocycles. The van der Waals surface area contributed by atoms with E-state index in [4.69, 9.17) is 9.47 Å². The zero-order valence-corrected chi connectivity index (χ0v) is 15.2. The zero-order chi connectivity index (χ0) is 15.7. The van der Waals surface area contributed by atoms with Crippen LogP contribution in [0.1, 0.15) is 45.3 Å². The van der Waals surface area contributed by atoms with E-state index in [0.717, 1.165) is 30.4 Å². The van der Waals surface area contributed by atoms with Crippen molar-refractivity contribution in [2.45, 2.75) is 45.3 Å². The van der Waals surface area contributed by atoms with Gasteiger partial charge in [-0.3, -0.25) is 0 Å². The molecule has 0 aliphatic rings. The van der Waals surface area contributed by atoms with Crippen molar-refractivity contribution < 1.29 is 9.47 Å². The van der Waals surface area contributed by atoms with Crippen molar-refractivity contribution in [3.8, 4) is 0 Å². The van der Waals surface area contributed by atoms with E-state index in [-0.39, 0.29) is 11.7 Å². The minimum atomic E-state index is -0.140. The molecule has 21 heavy (non-hydrogen) atoms. The van der Waals surface area contributed by atoms with Gasteiger partial charge in [0.1, 0.15) is 0 Å². The number of ether oxygens (including phenoxy) is 2. The number of benzene rings is 1.